The van der Waals surface area contributed by atoms with Crippen molar-refractivity contribution in [1.29, 1.82) is 0 Å². The summed E-state index contributed by atoms with van der Waals surface area (Å²) in [5, 5.41) is 1.14. The van der Waals surface area contributed by atoms with E-state index in [-0.39, 0.29) is 22.6 Å². The molecule has 3 aromatic rings. The fraction of sp³-hybridized carbons (Fsp3) is 0.278. The SMILES string of the molecule is O=S(=O)(NCC1CCCO1)c1ccc(-c2ccnc3[nH]ccc23)cc1Cl. The van der Waals surface area contributed by atoms with Gasteiger partial charge in [-0.3, -0.25) is 0 Å². The Labute approximate surface area is 156 Å². The van der Waals surface area contributed by atoms with Crippen molar-refractivity contribution in [2.24, 2.45) is 0 Å². The Morgan fingerprint density at radius 3 is 2.96 bits per heavy atom. The predicted molar refractivity (Wildman–Crippen MR) is 101 cm³/mol. The average molecular weight is 392 g/mol. The first kappa shape index (κ1) is 17.5. The van der Waals surface area contributed by atoms with E-state index in [0.717, 1.165) is 35.0 Å². The van der Waals surface area contributed by atoms with Crippen molar-refractivity contribution in [3.8, 4) is 11.1 Å². The predicted octanol–water partition coefficient (Wildman–Crippen LogP) is 3.34. The maximum absolute atomic E-state index is 12.6. The van der Waals surface area contributed by atoms with Gasteiger partial charge in [-0.15, -0.1) is 0 Å². The average Bonchev–Trinajstić information content (AvgIpc) is 3.31. The molecule has 8 heteroatoms. The Morgan fingerprint density at radius 1 is 1.31 bits per heavy atom. The third kappa shape index (κ3) is 3.35. The lowest BCUT2D eigenvalue weighted by molar-refractivity contribution is 0.114. The fourth-order valence-electron chi connectivity index (χ4n) is 3.18. The zero-order chi connectivity index (χ0) is 18.1. The van der Waals surface area contributed by atoms with Crippen molar-refractivity contribution in [3.05, 3.63) is 47.7 Å². The standard InChI is InChI=1S/C18H18ClN3O3S/c19-16-10-12(14-5-7-20-18-15(14)6-8-21-18)3-4-17(16)26(23,24)22-11-13-2-1-9-25-13/h3-8,10,13,22H,1-2,9,11H2,(H,20,21). The van der Waals surface area contributed by atoms with Crippen LogP contribution >= 0.6 is 11.6 Å². The first-order chi connectivity index (χ1) is 12.5. The van der Waals surface area contributed by atoms with Gasteiger partial charge in [0.25, 0.3) is 0 Å². The minimum Gasteiger partial charge on any atom is -0.377 e. The Bertz CT molecular complexity index is 1040. The molecule has 0 bridgehead atoms. The number of rotatable bonds is 5. The van der Waals surface area contributed by atoms with Crippen LogP contribution in [0.2, 0.25) is 5.02 Å². The van der Waals surface area contributed by atoms with Crippen LogP contribution in [0.25, 0.3) is 22.2 Å². The zero-order valence-electron chi connectivity index (χ0n) is 13.9. The van der Waals surface area contributed by atoms with E-state index in [2.05, 4.69) is 14.7 Å². The Kier molecular flexibility index (Phi) is 4.71. The summed E-state index contributed by atoms with van der Waals surface area (Å²) in [5.41, 5.74) is 2.54. The highest BCUT2D eigenvalue weighted by Crippen LogP contribution is 2.31. The zero-order valence-corrected chi connectivity index (χ0v) is 15.5. The number of hydrogen-bond acceptors (Lipinski definition) is 4. The number of sulfonamides is 1. The van der Waals surface area contributed by atoms with Crippen molar-refractivity contribution < 1.29 is 13.2 Å². The van der Waals surface area contributed by atoms with Crippen molar-refractivity contribution >= 4 is 32.7 Å². The quantitative estimate of drug-likeness (QED) is 0.698. The van der Waals surface area contributed by atoms with Crippen LogP contribution < -0.4 is 4.72 Å². The second kappa shape index (κ2) is 7.00. The number of nitrogens with one attached hydrogen (secondary N) is 2. The Balaban J connectivity index is 1.62. The summed E-state index contributed by atoms with van der Waals surface area (Å²) in [4.78, 5) is 7.39. The Morgan fingerprint density at radius 2 is 2.19 bits per heavy atom. The summed E-state index contributed by atoms with van der Waals surface area (Å²) in [6.07, 6.45) is 5.28. The lowest BCUT2D eigenvalue weighted by Crippen LogP contribution is -2.32. The number of ether oxygens (including phenoxy) is 1. The van der Waals surface area contributed by atoms with Crippen LogP contribution in [0.5, 0.6) is 0 Å². The number of H-pyrrole nitrogens is 1. The summed E-state index contributed by atoms with van der Waals surface area (Å²) < 4.78 is 33.2. The van der Waals surface area contributed by atoms with E-state index >= 15 is 0 Å². The highest BCUT2D eigenvalue weighted by molar-refractivity contribution is 7.89. The summed E-state index contributed by atoms with van der Waals surface area (Å²) in [6, 6.07) is 8.78. The number of aromatic amines is 1. The normalized spacial score (nSPS) is 17.8. The van der Waals surface area contributed by atoms with Gasteiger partial charge in [0.2, 0.25) is 10.0 Å². The van der Waals surface area contributed by atoms with E-state index in [1.54, 1.807) is 18.3 Å². The molecular formula is C18H18ClN3O3S. The number of benzene rings is 1. The molecule has 0 spiro atoms. The first-order valence-corrected chi connectivity index (χ1v) is 10.2. The van der Waals surface area contributed by atoms with E-state index in [1.807, 2.05) is 18.3 Å². The number of aromatic nitrogens is 2. The molecule has 0 aliphatic carbocycles. The van der Waals surface area contributed by atoms with Crippen LogP contribution in [0, 0.1) is 0 Å². The number of halogens is 1. The van der Waals surface area contributed by atoms with E-state index in [9.17, 15) is 8.42 Å². The molecule has 1 aliphatic rings. The van der Waals surface area contributed by atoms with Crippen molar-refractivity contribution in [2.75, 3.05) is 13.2 Å². The second-order valence-electron chi connectivity index (χ2n) is 6.23. The highest BCUT2D eigenvalue weighted by Gasteiger charge is 2.22. The van der Waals surface area contributed by atoms with Crippen LogP contribution in [0.4, 0.5) is 0 Å². The molecule has 1 aromatic carbocycles. The molecule has 2 N–H and O–H groups in total. The molecule has 2 aromatic heterocycles. The first-order valence-electron chi connectivity index (χ1n) is 8.38. The lowest BCUT2D eigenvalue weighted by atomic mass is 10.0. The molecule has 0 radical (unpaired) electrons. The molecule has 1 aliphatic heterocycles. The Hall–Kier alpha value is -1.93. The van der Waals surface area contributed by atoms with Gasteiger partial charge in [-0.1, -0.05) is 17.7 Å². The molecule has 0 saturated carbocycles. The van der Waals surface area contributed by atoms with Gasteiger partial charge in [0.05, 0.1) is 11.1 Å². The number of hydrogen-bond donors (Lipinski definition) is 2. The van der Waals surface area contributed by atoms with Gasteiger partial charge in [0.1, 0.15) is 10.5 Å². The van der Waals surface area contributed by atoms with E-state index in [1.165, 1.54) is 6.07 Å². The molecule has 1 atom stereocenters. The van der Waals surface area contributed by atoms with E-state index in [0.29, 0.717) is 6.61 Å². The van der Waals surface area contributed by atoms with Gasteiger partial charge in [0.15, 0.2) is 0 Å². The summed E-state index contributed by atoms with van der Waals surface area (Å²) >= 11 is 6.31. The maximum atomic E-state index is 12.6. The second-order valence-corrected chi connectivity index (χ2v) is 8.37. The van der Waals surface area contributed by atoms with Gasteiger partial charge in [-0.2, -0.15) is 0 Å². The summed E-state index contributed by atoms with van der Waals surface area (Å²) in [5.74, 6) is 0. The largest absolute Gasteiger partial charge is 0.377 e. The van der Waals surface area contributed by atoms with Gasteiger partial charge >= 0.3 is 0 Å². The number of fused-ring (bicyclic) bond motifs is 1. The van der Waals surface area contributed by atoms with Crippen LogP contribution in [0.3, 0.4) is 0 Å². The number of nitrogens with zero attached hydrogens (tertiary/aromatic N) is 1. The van der Waals surface area contributed by atoms with Crippen molar-refractivity contribution in [3.63, 3.8) is 0 Å². The van der Waals surface area contributed by atoms with Gasteiger partial charge in [-0.05, 0) is 48.2 Å². The van der Waals surface area contributed by atoms with Crippen LogP contribution in [-0.2, 0) is 14.8 Å². The molecule has 26 heavy (non-hydrogen) atoms. The molecular weight excluding hydrogens is 374 g/mol. The molecule has 6 nitrogen and oxygen atoms in total. The van der Waals surface area contributed by atoms with Crippen molar-refractivity contribution in [2.45, 2.75) is 23.8 Å². The minimum absolute atomic E-state index is 0.0680. The van der Waals surface area contributed by atoms with Crippen LogP contribution in [0.1, 0.15) is 12.8 Å². The highest BCUT2D eigenvalue weighted by atomic mass is 35.5. The monoisotopic (exact) mass is 391 g/mol. The van der Waals surface area contributed by atoms with Crippen LogP contribution in [-0.4, -0.2) is 37.6 Å². The van der Waals surface area contributed by atoms with Gasteiger partial charge in [0, 0.05) is 30.9 Å². The van der Waals surface area contributed by atoms with Crippen molar-refractivity contribution in [1.82, 2.24) is 14.7 Å². The van der Waals surface area contributed by atoms with E-state index < -0.39 is 10.0 Å². The summed E-state index contributed by atoms with van der Waals surface area (Å²) in [7, 11) is -3.69. The smallest absolute Gasteiger partial charge is 0.242 e. The third-order valence-electron chi connectivity index (χ3n) is 4.52. The fourth-order valence-corrected chi connectivity index (χ4v) is 4.79. The molecule has 1 fully saturated rings. The summed E-state index contributed by atoms with van der Waals surface area (Å²) in [6.45, 7) is 0.941. The molecule has 0 amide bonds. The molecule has 4 rings (SSSR count). The molecule has 1 saturated heterocycles. The van der Waals surface area contributed by atoms with E-state index in [4.69, 9.17) is 16.3 Å². The maximum Gasteiger partial charge on any atom is 0.242 e. The lowest BCUT2D eigenvalue weighted by Gasteiger charge is -2.13. The topological polar surface area (TPSA) is 84.1 Å². The third-order valence-corrected chi connectivity index (χ3v) is 6.42. The number of pyridine rings is 1. The minimum atomic E-state index is -3.69. The van der Waals surface area contributed by atoms with Gasteiger partial charge < -0.3 is 9.72 Å². The molecule has 3 heterocycles. The molecule has 136 valence electrons. The van der Waals surface area contributed by atoms with Crippen LogP contribution in [0.15, 0.2) is 47.6 Å². The van der Waals surface area contributed by atoms with Gasteiger partial charge in [-0.25, -0.2) is 18.1 Å². The molecule has 1 unspecified atom stereocenters.